The first-order chi connectivity index (χ1) is 14.4. The second-order valence-electron chi connectivity index (χ2n) is 7.69. The molecule has 0 bridgehead atoms. The van der Waals surface area contributed by atoms with Gasteiger partial charge in [-0.15, -0.1) is 11.3 Å². The number of nitrogens with zero attached hydrogens (tertiary/aromatic N) is 2. The highest BCUT2D eigenvalue weighted by Gasteiger charge is 2.32. The molecular formula is C23H26N2O3S2. The lowest BCUT2D eigenvalue weighted by atomic mass is 10.0. The smallest absolute Gasteiger partial charge is 0.185 e. The molecule has 2 heterocycles. The Morgan fingerprint density at radius 1 is 1.03 bits per heavy atom. The normalized spacial score (nSPS) is 15.4. The molecule has 3 aromatic rings. The van der Waals surface area contributed by atoms with Crippen LogP contribution in [0.2, 0.25) is 0 Å². The molecule has 2 aromatic carbocycles. The molecule has 5 nitrogen and oxygen atoms in total. The Bertz CT molecular complexity index is 1110. The molecule has 158 valence electrons. The van der Waals surface area contributed by atoms with Crippen molar-refractivity contribution in [3.05, 3.63) is 59.0 Å². The second kappa shape index (κ2) is 8.40. The van der Waals surface area contributed by atoms with Gasteiger partial charge in [-0.2, -0.15) is 0 Å². The predicted octanol–water partition coefficient (Wildman–Crippen LogP) is 4.88. The van der Waals surface area contributed by atoms with Gasteiger partial charge < -0.3 is 9.64 Å². The molecule has 1 aliphatic rings. The van der Waals surface area contributed by atoms with E-state index in [9.17, 15) is 8.42 Å². The Morgan fingerprint density at radius 3 is 2.27 bits per heavy atom. The van der Waals surface area contributed by atoms with Gasteiger partial charge in [-0.3, -0.25) is 0 Å². The minimum atomic E-state index is -3.34. The number of ether oxygens (including phenoxy) is 1. The van der Waals surface area contributed by atoms with Crippen LogP contribution in [0, 0.1) is 13.8 Å². The van der Waals surface area contributed by atoms with E-state index in [1.165, 1.54) is 16.7 Å². The highest BCUT2D eigenvalue weighted by Crippen LogP contribution is 2.34. The van der Waals surface area contributed by atoms with Crippen molar-refractivity contribution < 1.29 is 13.2 Å². The summed E-state index contributed by atoms with van der Waals surface area (Å²) < 4.78 is 31.2. The van der Waals surface area contributed by atoms with Crippen LogP contribution < -0.4 is 9.64 Å². The molecule has 0 atom stereocenters. The van der Waals surface area contributed by atoms with Gasteiger partial charge in [0.05, 0.1) is 22.9 Å². The van der Waals surface area contributed by atoms with E-state index in [-0.39, 0.29) is 5.25 Å². The van der Waals surface area contributed by atoms with Crippen LogP contribution in [0.25, 0.3) is 11.3 Å². The van der Waals surface area contributed by atoms with Crippen LogP contribution in [0.1, 0.15) is 24.0 Å². The number of thiazole rings is 1. The lowest BCUT2D eigenvalue weighted by Gasteiger charge is -2.31. The van der Waals surface area contributed by atoms with Crippen molar-refractivity contribution >= 4 is 26.3 Å². The molecule has 0 spiro atoms. The van der Waals surface area contributed by atoms with Crippen molar-refractivity contribution in [2.45, 2.75) is 36.8 Å². The van der Waals surface area contributed by atoms with Crippen LogP contribution in [0.15, 0.2) is 52.7 Å². The summed E-state index contributed by atoms with van der Waals surface area (Å²) in [6.07, 6.45) is 1.21. The minimum Gasteiger partial charge on any atom is -0.497 e. The van der Waals surface area contributed by atoms with Crippen LogP contribution in [-0.2, 0) is 9.84 Å². The zero-order valence-electron chi connectivity index (χ0n) is 17.5. The van der Waals surface area contributed by atoms with Crippen molar-refractivity contribution in [2.75, 3.05) is 25.1 Å². The van der Waals surface area contributed by atoms with Crippen LogP contribution >= 0.6 is 11.3 Å². The number of methoxy groups -OCH3 is 1. The standard InChI is InChI=1S/C23H26N2O3S2/c1-16-5-4-6-17(2)22(16)21-15-29-23(24-21)25-13-11-20(12-14-25)30(26,27)19-9-7-18(28-3)8-10-19/h4-10,15,20H,11-14H2,1-3H3. The van der Waals surface area contributed by atoms with Gasteiger partial charge in [0.1, 0.15) is 5.75 Å². The Kier molecular flexibility index (Phi) is 5.84. The van der Waals surface area contributed by atoms with Crippen molar-refractivity contribution in [1.29, 1.82) is 0 Å². The monoisotopic (exact) mass is 442 g/mol. The average Bonchev–Trinajstić information content (AvgIpc) is 3.23. The number of anilines is 1. The van der Waals surface area contributed by atoms with Gasteiger partial charge in [0.25, 0.3) is 0 Å². The van der Waals surface area contributed by atoms with Gasteiger partial charge in [-0.05, 0) is 62.1 Å². The van der Waals surface area contributed by atoms with Crippen molar-refractivity contribution in [3.8, 4) is 17.0 Å². The molecule has 0 saturated carbocycles. The highest BCUT2D eigenvalue weighted by molar-refractivity contribution is 7.92. The molecule has 0 amide bonds. The summed E-state index contributed by atoms with van der Waals surface area (Å²) in [4.78, 5) is 7.45. The van der Waals surface area contributed by atoms with Crippen LogP contribution in [0.3, 0.4) is 0 Å². The Hall–Kier alpha value is -2.38. The first-order valence-electron chi connectivity index (χ1n) is 10.0. The quantitative estimate of drug-likeness (QED) is 0.564. The van der Waals surface area contributed by atoms with Gasteiger partial charge in [0.15, 0.2) is 15.0 Å². The summed E-state index contributed by atoms with van der Waals surface area (Å²) in [5, 5.41) is 2.71. The summed E-state index contributed by atoms with van der Waals surface area (Å²) >= 11 is 1.63. The molecule has 30 heavy (non-hydrogen) atoms. The number of piperidine rings is 1. The van der Waals surface area contributed by atoms with Crippen LogP contribution in [0.5, 0.6) is 5.75 Å². The molecule has 0 aliphatic carbocycles. The van der Waals surface area contributed by atoms with E-state index in [2.05, 4.69) is 42.3 Å². The number of aryl methyl sites for hydroxylation is 2. The SMILES string of the molecule is COc1ccc(S(=O)(=O)C2CCN(c3nc(-c4c(C)cccc4C)cs3)CC2)cc1. The Balaban J connectivity index is 1.47. The van der Waals surface area contributed by atoms with Crippen molar-refractivity contribution in [3.63, 3.8) is 0 Å². The lowest BCUT2D eigenvalue weighted by molar-refractivity contribution is 0.414. The summed E-state index contributed by atoms with van der Waals surface area (Å²) in [7, 11) is -1.77. The largest absolute Gasteiger partial charge is 0.497 e. The summed E-state index contributed by atoms with van der Waals surface area (Å²) in [6, 6.07) is 13.0. The zero-order valence-corrected chi connectivity index (χ0v) is 19.1. The first kappa shape index (κ1) is 20.9. The third-order valence-electron chi connectivity index (χ3n) is 5.77. The van der Waals surface area contributed by atoms with Gasteiger partial charge in [-0.25, -0.2) is 13.4 Å². The Morgan fingerprint density at radius 2 is 1.67 bits per heavy atom. The summed E-state index contributed by atoms with van der Waals surface area (Å²) in [5.74, 6) is 0.659. The topological polar surface area (TPSA) is 59.5 Å². The van der Waals surface area contributed by atoms with Gasteiger partial charge in [-0.1, -0.05) is 18.2 Å². The molecular weight excluding hydrogens is 416 g/mol. The van der Waals surface area contributed by atoms with E-state index in [4.69, 9.17) is 9.72 Å². The third-order valence-corrected chi connectivity index (χ3v) is 8.95. The lowest BCUT2D eigenvalue weighted by Crippen LogP contribution is -2.39. The van der Waals surface area contributed by atoms with E-state index in [0.717, 1.165) is 10.8 Å². The van der Waals surface area contributed by atoms with Gasteiger partial charge >= 0.3 is 0 Å². The highest BCUT2D eigenvalue weighted by atomic mass is 32.2. The fraction of sp³-hybridized carbons (Fsp3) is 0.348. The number of aromatic nitrogens is 1. The maximum absolute atomic E-state index is 13.0. The fourth-order valence-corrected chi connectivity index (χ4v) is 6.66. The van der Waals surface area contributed by atoms with Crippen molar-refractivity contribution in [1.82, 2.24) is 4.98 Å². The van der Waals surface area contributed by atoms with E-state index in [1.807, 2.05) is 0 Å². The molecule has 0 unspecified atom stereocenters. The first-order valence-corrected chi connectivity index (χ1v) is 12.5. The Labute approximate surface area is 182 Å². The molecule has 4 rings (SSSR count). The molecule has 1 aromatic heterocycles. The van der Waals surface area contributed by atoms with Crippen LogP contribution in [-0.4, -0.2) is 38.9 Å². The molecule has 1 saturated heterocycles. The maximum Gasteiger partial charge on any atom is 0.185 e. The molecule has 0 N–H and O–H groups in total. The molecule has 0 radical (unpaired) electrons. The second-order valence-corrected chi connectivity index (χ2v) is 10.8. The summed E-state index contributed by atoms with van der Waals surface area (Å²) in [6.45, 7) is 5.60. The average molecular weight is 443 g/mol. The third kappa shape index (κ3) is 3.96. The number of hydrogen-bond donors (Lipinski definition) is 0. The fourth-order valence-electron chi connectivity index (χ4n) is 4.06. The van der Waals surface area contributed by atoms with E-state index in [0.29, 0.717) is 36.6 Å². The molecule has 1 aliphatic heterocycles. The van der Waals surface area contributed by atoms with Gasteiger partial charge in [0.2, 0.25) is 0 Å². The molecule has 1 fully saturated rings. The maximum atomic E-state index is 13.0. The number of benzene rings is 2. The van der Waals surface area contributed by atoms with Crippen LogP contribution in [0.4, 0.5) is 5.13 Å². The minimum absolute atomic E-state index is 0.361. The predicted molar refractivity (Wildman–Crippen MR) is 122 cm³/mol. The van der Waals surface area contributed by atoms with E-state index >= 15 is 0 Å². The molecule has 7 heteroatoms. The number of hydrogen-bond acceptors (Lipinski definition) is 6. The number of sulfone groups is 1. The number of rotatable bonds is 5. The van der Waals surface area contributed by atoms with Crippen molar-refractivity contribution in [2.24, 2.45) is 0 Å². The van der Waals surface area contributed by atoms with E-state index < -0.39 is 9.84 Å². The van der Waals surface area contributed by atoms with E-state index in [1.54, 1.807) is 42.7 Å². The van der Waals surface area contributed by atoms with Gasteiger partial charge in [0, 0.05) is 24.0 Å². The summed E-state index contributed by atoms with van der Waals surface area (Å²) in [5.41, 5.74) is 4.63. The zero-order chi connectivity index (χ0) is 21.3.